The molecule has 1 aliphatic heterocycles. The van der Waals surface area contributed by atoms with Crippen molar-refractivity contribution in [3.05, 3.63) is 77.2 Å². The lowest BCUT2D eigenvalue weighted by molar-refractivity contribution is 0.197. The van der Waals surface area contributed by atoms with Gasteiger partial charge in [0.2, 0.25) is 0 Å². The van der Waals surface area contributed by atoms with Crippen molar-refractivity contribution in [3.63, 3.8) is 0 Å². The number of ether oxygens (including phenoxy) is 1. The molecule has 0 saturated carbocycles. The van der Waals surface area contributed by atoms with E-state index in [0.717, 1.165) is 5.57 Å². The summed E-state index contributed by atoms with van der Waals surface area (Å²) in [5.74, 6) is -0.302. The second-order valence-electron chi connectivity index (χ2n) is 5.41. The molecule has 2 unspecified atom stereocenters. The Hall–Kier alpha value is -2.20. The Balaban J connectivity index is 0.00000151. The van der Waals surface area contributed by atoms with Gasteiger partial charge in [0.15, 0.2) is 0 Å². The number of hydrogen-bond donors (Lipinski definition) is 1. The van der Waals surface area contributed by atoms with Gasteiger partial charge in [-0.05, 0) is 48.8 Å². The summed E-state index contributed by atoms with van der Waals surface area (Å²) in [5.41, 5.74) is 1.70. The number of alkyl halides is 1. The molecule has 4 heteroatoms. The van der Waals surface area contributed by atoms with E-state index in [1.54, 1.807) is 12.1 Å². The molecular formula is C21H26F2O2. The Morgan fingerprint density at radius 3 is 2.64 bits per heavy atom. The van der Waals surface area contributed by atoms with Crippen molar-refractivity contribution in [2.24, 2.45) is 0 Å². The van der Waals surface area contributed by atoms with Gasteiger partial charge in [-0.1, -0.05) is 44.7 Å². The molecule has 2 atom stereocenters. The van der Waals surface area contributed by atoms with Gasteiger partial charge in [0, 0.05) is 0 Å². The average molecular weight is 348 g/mol. The van der Waals surface area contributed by atoms with Crippen LogP contribution in [0.4, 0.5) is 8.78 Å². The number of hydrogen-bond acceptors (Lipinski definition) is 2. The van der Waals surface area contributed by atoms with Crippen molar-refractivity contribution in [3.8, 4) is 5.75 Å². The number of aliphatic hydroxyl groups excluding tert-OH is 1. The van der Waals surface area contributed by atoms with E-state index in [-0.39, 0.29) is 17.4 Å². The van der Waals surface area contributed by atoms with Crippen LogP contribution in [0.25, 0.3) is 0 Å². The van der Waals surface area contributed by atoms with Gasteiger partial charge >= 0.3 is 0 Å². The number of fused-ring (bicyclic) bond motifs is 1. The van der Waals surface area contributed by atoms with Crippen molar-refractivity contribution >= 4 is 0 Å². The second-order valence-corrected chi connectivity index (χ2v) is 5.41. The molecule has 1 N–H and O–H groups in total. The fraction of sp³-hybridized carbons (Fsp3) is 0.333. The lowest BCUT2D eigenvalue weighted by Gasteiger charge is -2.23. The monoisotopic (exact) mass is 348 g/mol. The third kappa shape index (κ3) is 5.13. The van der Waals surface area contributed by atoms with Crippen LogP contribution in [0.3, 0.4) is 0 Å². The first kappa shape index (κ1) is 20.8. The molecule has 1 aliphatic rings. The molecule has 1 aromatic rings. The molecular weight excluding hydrogens is 322 g/mol. The van der Waals surface area contributed by atoms with Crippen LogP contribution in [0.15, 0.2) is 65.8 Å². The highest BCUT2D eigenvalue weighted by Crippen LogP contribution is 2.37. The third-order valence-corrected chi connectivity index (χ3v) is 3.69. The minimum atomic E-state index is -1.28. The largest absolute Gasteiger partial charge is 0.486 e. The maximum absolute atomic E-state index is 14.3. The molecule has 0 bridgehead atoms. The molecule has 0 spiro atoms. The number of rotatable bonds is 2. The Morgan fingerprint density at radius 1 is 1.32 bits per heavy atom. The smallest absolute Gasteiger partial charge is 0.133 e. The van der Waals surface area contributed by atoms with Crippen LogP contribution in [-0.2, 0) is 0 Å². The quantitative estimate of drug-likeness (QED) is 0.751. The van der Waals surface area contributed by atoms with Crippen LogP contribution >= 0.6 is 0 Å². The number of benzene rings is 1. The summed E-state index contributed by atoms with van der Waals surface area (Å²) in [5, 5.41) is 10.6. The highest BCUT2D eigenvalue weighted by atomic mass is 19.1. The van der Waals surface area contributed by atoms with Gasteiger partial charge in [-0.3, -0.25) is 0 Å². The van der Waals surface area contributed by atoms with Crippen molar-refractivity contribution in [2.45, 2.75) is 39.9 Å². The molecule has 1 aromatic carbocycles. The lowest BCUT2D eigenvalue weighted by atomic mass is 9.91. The molecule has 25 heavy (non-hydrogen) atoms. The standard InChI is InChI=1S/C19H20F2O2.C2H6/c1-12-9-10-13(2)23-17-8-4-7-16(21)18(17)19(22)14(3)15(12)6-5-11-20;1-2/h4-10,13,19,22H,3,11H2,1-2H3;1-2H3/b6-5-,10-9-,15-12-;. The van der Waals surface area contributed by atoms with E-state index in [1.807, 2.05) is 39.8 Å². The predicted molar refractivity (Wildman–Crippen MR) is 98.9 cm³/mol. The first-order chi connectivity index (χ1) is 12.0. The van der Waals surface area contributed by atoms with Crippen LogP contribution in [0.2, 0.25) is 0 Å². The highest BCUT2D eigenvalue weighted by Gasteiger charge is 2.24. The summed E-state index contributed by atoms with van der Waals surface area (Å²) in [6.07, 6.45) is 4.94. The van der Waals surface area contributed by atoms with Crippen LogP contribution < -0.4 is 4.74 Å². The third-order valence-electron chi connectivity index (χ3n) is 3.69. The van der Waals surface area contributed by atoms with E-state index < -0.39 is 18.6 Å². The second kappa shape index (κ2) is 9.94. The van der Waals surface area contributed by atoms with Crippen LogP contribution in [0, 0.1) is 5.82 Å². The maximum atomic E-state index is 14.3. The molecule has 0 saturated heterocycles. The fourth-order valence-electron chi connectivity index (χ4n) is 2.47. The molecule has 0 amide bonds. The van der Waals surface area contributed by atoms with Crippen molar-refractivity contribution in [1.29, 1.82) is 0 Å². The highest BCUT2D eigenvalue weighted by molar-refractivity contribution is 5.52. The van der Waals surface area contributed by atoms with Gasteiger partial charge in [0.25, 0.3) is 0 Å². The first-order valence-corrected chi connectivity index (χ1v) is 8.39. The minimum Gasteiger partial charge on any atom is -0.486 e. The zero-order chi connectivity index (χ0) is 19.0. The van der Waals surface area contributed by atoms with Crippen LogP contribution in [0.1, 0.15) is 39.4 Å². The normalized spacial score (nSPS) is 24.8. The molecule has 0 radical (unpaired) electrons. The Bertz CT molecular complexity index is 687. The topological polar surface area (TPSA) is 29.5 Å². The fourth-order valence-corrected chi connectivity index (χ4v) is 2.47. The maximum Gasteiger partial charge on any atom is 0.133 e. The first-order valence-electron chi connectivity index (χ1n) is 8.39. The predicted octanol–water partition coefficient (Wildman–Crippen LogP) is 5.62. The van der Waals surface area contributed by atoms with E-state index in [9.17, 15) is 13.9 Å². The van der Waals surface area contributed by atoms with Gasteiger partial charge in [-0.25, -0.2) is 8.78 Å². The minimum absolute atomic E-state index is 0.0404. The summed E-state index contributed by atoms with van der Waals surface area (Å²) in [4.78, 5) is 0. The van der Waals surface area contributed by atoms with E-state index in [0.29, 0.717) is 11.1 Å². The van der Waals surface area contributed by atoms with E-state index in [1.165, 1.54) is 18.2 Å². The summed E-state index contributed by atoms with van der Waals surface area (Å²) in [6, 6.07) is 4.39. The van der Waals surface area contributed by atoms with Crippen LogP contribution in [-0.4, -0.2) is 17.9 Å². The van der Waals surface area contributed by atoms with E-state index >= 15 is 0 Å². The number of aliphatic hydroxyl groups is 1. The lowest BCUT2D eigenvalue weighted by Crippen LogP contribution is -2.15. The zero-order valence-electron chi connectivity index (χ0n) is 15.2. The van der Waals surface area contributed by atoms with E-state index in [4.69, 9.17) is 4.74 Å². The van der Waals surface area contributed by atoms with Crippen molar-refractivity contribution in [1.82, 2.24) is 0 Å². The molecule has 0 aliphatic carbocycles. The van der Waals surface area contributed by atoms with Gasteiger partial charge in [-0.2, -0.15) is 0 Å². The van der Waals surface area contributed by atoms with Crippen molar-refractivity contribution < 1.29 is 18.6 Å². The summed E-state index contributed by atoms with van der Waals surface area (Å²) in [7, 11) is 0. The zero-order valence-corrected chi connectivity index (χ0v) is 15.2. The van der Waals surface area contributed by atoms with Gasteiger partial charge < -0.3 is 9.84 Å². The molecule has 2 rings (SSSR count). The number of allylic oxidation sites excluding steroid dienone is 4. The Kier molecular flexibility index (Phi) is 8.29. The molecule has 1 heterocycles. The summed E-state index contributed by atoms with van der Waals surface area (Å²) in [6.45, 7) is 10.9. The Labute approximate surface area is 148 Å². The summed E-state index contributed by atoms with van der Waals surface area (Å²) >= 11 is 0. The summed E-state index contributed by atoms with van der Waals surface area (Å²) < 4.78 is 32.5. The van der Waals surface area contributed by atoms with Gasteiger partial charge in [0.1, 0.15) is 30.4 Å². The molecule has 2 nitrogen and oxygen atoms in total. The molecule has 0 fully saturated rings. The molecule has 0 aromatic heterocycles. The SMILES string of the molecule is C=C1C(/C=C\CF)=C(C)\C=C/C(C)Oc2cccc(F)c2C1O.CC. The van der Waals surface area contributed by atoms with Gasteiger partial charge in [-0.15, -0.1) is 0 Å². The molecule has 136 valence electrons. The van der Waals surface area contributed by atoms with Crippen molar-refractivity contribution in [2.75, 3.05) is 6.67 Å². The Morgan fingerprint density at radius 2 is 2.00 bits per heavy atom. The van der Waals surface area contributed by atoms with Gasteiger partial charge in [0.05, 0.1) is 5.56 Å². The van der Waals surface area contributed by atoms with Crippen LogP contribution in [0.5, 0.6) is 5.75 Å². The van der Waals surface area contributed by atoms with E-state index in [2.05, 4.69) is 6.58 Å². The number of halogens is 2. The average Bonchev–Trinajstić information content (AvgIpc) is 2.60.